The van der Waals surface area contributed by atoms with Gasteiger partial charge in [0.05, 0.1) is 11.0 Å². The number of rotatable bonds is 3. The summed E-state index contributed by atoms with van der Waals surface area (Å²) in [6, 6.07) is 6.57. The molecule has 1 N–H and O–H groups in total. The van der Waals surface area contributed by atoms with Crippen LogP contribution in [0.5, 0.6) is 0 Å². The maximum absolute atomic E-state index is 12.2. The fourth-order valence-corrected chi connectivity index (χ4v) is 3.82. The third kappa shape index (κ3) is 2.33. The average Bonchev–Trinajstić information content (AvgIpc) is 2.32. The van der Waals surface area contributed by atoms with Gasteiger partial charge in [-0.15, -0.1) is 11.6 Å². The van der Waals surface area contributed by atoms with Crippen LogP contribution in [0, 0.1) is 0 Å². The Morgan fingerprint density at radius 1 is 1.41 bits per heavy atom. The van der Waals surface area contributed by atoms with E-state index in [4.69, 9.17) is 11.6 Å². The lowest BCUT2D eigenvalue weighted by molar-refractivity contribution is 0.138. The van der Waals surface area contributed by atoms with Crippen LogP contribution in [-0.2, 0) is 10.0 Å². The van der Waals surface area contributed by atoms with Crippen molar-refractivity contribution in [3.8, 4) is 0 Å². The minimum atomic E-state index is -3.47. The molecule has 6 heteroatoms. The van der Waals surface area contributed by atoms with Crippen LogP contribution in [0.1, 0.15) is 18.1 Å². The van der Waals surface area contributed by atoms with E-state index in [0.29, 0.717) is 24.4 Å². The molecule has 1 aliphatic rings. The molecule has 0 aliphatic carbocycles. The Labute approximate surface area is 106 Å². The van der Waals surface area contributed by atoms with Crippen molar-refractivity contribution in [1.29, 1.82) is 0 Å². The van der Waals surface area contributed by atoms with E-state index in [9.17, 15) is 13.5 Å². The van der Waals surface area contributed by atoms with Crippen molar-refractivity contribution < 1.29 is 13.5 Å². The Kier molecular flexibility index (Phi) is 3.73. The molecule has 0 saturated heterocycles. The molecule has 1 aliphatic heterocycles. The number of benzene rings is 1. The number of fused-ring (bicyclic) bond motifs is 1. The van der Waals surface area contributed by atoms with Gasteiger partial charge in [-0.1, -0.05) is 18.2 Å². The quantitative estimate of drug-likeness (QED) is 0.848. The Morgan fingerprint density at radius 3 is 2.82 bits per heavy atom. The van der Waals surface area contributed by atoms with Gasteiger partial charge in [0.1, 0.15) is 0 Å². The van der Waals surface area contributed by atoms with Crippen LogP contribution < -0.4 is 0 Å². The topological polar surface area (TPSA) is 57.6 Å². The highest BCUT2D eigenvalue weighted by Crippen LogP contribution is 2.31. The summed E-state index contributed by atoms with van der Waals surface area (Å²) in [6.45, 7) is 0.452. The summed E-state index contributed by atoms with van der Waals surface area (Å²) in [5.74, 6) is 0.407. The van der Waals surface area contributed by atoms with E-state index in [1.54, 1.807) is 18.2 Å². The number of β-amino-alcohol motifs (C(OH)–C–C–N with tert-alkyl or cyclic N) is 1. The first-order valence-electron chi connectivity index (χ1n) is 5.40. The molecule has 1 heterocycles. The van der Waals surface area contributed by atoms with Gasteiger partial charge in [-0.2, -0.15) is 4.31 Å². The van der Waals surface area contributed by atoms with Crippen molar-refractivity contribution in [1.82, 2.24) is 4.31 Å². The summed E-state index contributed by atoms with van der Waals surface area (Å²) in [5.41, 5.74) is 0.481. The monoisotopic (exact) mass is 275 g/mol. The van der Waals surface area contributed by atoms with E-state index in [1.807, 2.05) is 0 Å². The molecular weight excluding hydrogens is 262 g/mol. The number of hydrogen-bond donors (Lipinski definition) is 1. The second-order valence-electron chi connectivity index (χ2n) is 3.96. The highest BCUT2D eigenvalue weighted by Gasteiger charge is 2.35. The van der Waals surface area contributed by atoms with Crippen molar-refractivity contribution in [2.75, 3.05) is 19.0 Å². The number of halogens is 1. The number of hydrogen-bond acceptors (Lipinski definition) is 3. The van der Waals surface area contributed by atoms with Gasteiger partial charge in [0, 0.05) is 24.5 Å². The molecule has 0 aromatic heterocycles. The van der Waals surface area contributed by atoms with Crippen LogP contribution in [0.2, 0.25) is 0 Å². The summed E-state index contributed by atoms with van der Waals surface area (Å²) < 4.78 is 25.7. The second kappa shape index (κ2) is 4.94. The van der Waals surface area contributed by atoms with Crippen molar-refractivity contribution in [3.63, 3.8) is 0 Å². The van der Waals surface area contributed by atoms with Crippen LogP contribution in [0.3, 0.4) is 0 Å². The van der Waals surface area contributed by atoms with Crippen LogP contribution >= 0.6 is 11.6 Å². The van der Waals surface area contributed by atoms with E-state index in [1.165, 1.54) is 10.4 Å². The predicted molar refractivity (Wildman–Crippen MR) is 65.5 cm³/mol. The lowest BCUT2D eigenvalue weighted by Gasteiger charge is -2.31. The normalized spacial score (nSPS) is 23.3. The van der Waals surface area contributed by atoms with E-state index in [-0.39, 0.29) is 11.4 Å². The fraction of sp³-hybridized carbons (Fsp3) is 0.455. The Hall–Kier alpha value is -0.620. The zero-order valence-corrected chi connectivity index (χ0v) is 10.8. The number of aliphatic hydroxyl groups excluding tert-OH is 1. The minimum Gasteiger partial charge on any atom is -0.387 e. The van der Waals surface area contributed by atoms with Gasteiger partial charge in [-0.25, -0.2) is 8.42 Å². The highest BCUT2D eigenvalue weighted by atomic mass is 35.5. The van der Waals surface area contributed by atoms with Crippen LogP contribution in [0.15, 0.2) is 29.2 Å². The number of nitrogens with zero attached hydrogens (tertiary/aromatic N) is 1. The van der Waals surface area contributed by atoms with Crippen molar-refractivity contribution in [2.45, 2.75) is 17.4 Å². The molecule has 0 radical (unpaired) electrons. The molecule has 0 amide bonds. The van der Waals surface area contributed by atoms with E-state index in [0.717, 1.165) is 0 Å². The molecule has 0 fully saturated rings. The van der Waals surface area contributed by atoms with Gasteiger partial charge in [0.25, 0.3) is 0 Å². The molecular formula is C11H14ClNO3S. The maximum Gasteiger partial charge on any atom is 0.243 e. The molecule has 17 heavy (non-hydrogen) atoms. The number of sulfonamides is 1. The van der Waals surface area contributed by atoms with Gasteiger partial charge >= 0.3 is 0 Å². The molecule has 0 bridgehead atoms. The van der Waals surface area contributed by atoms with Crippen molar-refractivity contribution >= 4 is 21.6 Å². The molecule has 1 atom stereocenters. The molecule has 2 rings (SSSR count). The smallest absolute Gasteiger partial charge is 0.243 e. The molecule has 0 spiro atoms. The number of alkyl halides is 1. The first-order valence-corrected chi connectivity index (χ1v) is 7.38. The minimum absolute atomic E-state index is 0.107. The van der Waals surface area contributed by atoms with Gasteiger partial charge in [0.15, 0.2) is 0 Å². The molecule has 94 valence electrons. The van der Waals surface area contributed by atoms with Gasteiger partial charge in [-0.05, 0) is 12.5 Å². The highest BCUT2D eigenvalue weighted by molar-refractivity contribution is 7.89. The molecule has 0 saturated carbocycles. The molecule has 4 nitrogen and oxygen atoms in total. The van der Waals surface area contributed by atoms with E-state index >= 15 is 0 Å². The zero-order chi connectivity index (χ0) is 12.5. The summed E-state index contributed by atoms with van der Waals surface area (Å²) in [4.78, 5) is 0.202. The van der Waals surface area contributed by atoms with Crippen LogP contribution in [0.4, 0.5) is 0 Å². The molecule has 1 aromatic carbocycles. The maximum atomic E-state index is 12.2. The third-order valence-electron chi connectivity index (χ3n) is 2.81. The zero-order valence-electron chi connectivity index (χ0n) is 9.21. The summed E-state index contributed by atoms with van der Waals surface area (Å²) in [6.07, 6.45) is -0.180. The van der Waals surface area contributed by atoms with Gasteiger partial charge < -0.3 is 5.11 Å². The van der Waals surface area contributed by atoms with Crippen molar-refractivity contribution in [2.24, 2.45) is 0 Å². The summed E-state index contributed by atoms with van der Waals surface area (Å²) in [5, 5.41) is 9.92. The average molecular weight is 276 g/mol. The van der Waals surface area contributed by atoms with Crippen molar-refractivity contribution in [3.05, 3.63) is 29.8 Å². The SMILES string of the molecule is O=S1(=O)c2ccccc2C(O)CN1CCCCl. The first-order chi connectivity index (χ1) is 8.07. The molecule has 1 unspecified atom stereocenters. The van der Waals surface area contributed by atoms with Crippen LogP contribution in [-0.4, -0.2) is 36.8 Å². The van der Waals surface area contributed by atoms with Crippen LogP contribution in [0.25, 0.3) is 0 Å². The lowest BCUT2D eigenvalue weighted by atomic mass is 10.1. The summed E-state index contributed by atoms with van der Waals surface area (Å²) >= 11 is 5.57. The Balaban J connectivity index is 2.40. The van der Waals surface area contributed by atoms with E-state index < -0.39 is 16.1 Å². The molecule has 1 aromatic rings. The van der Waals surface area contributed by atoms with Gasteiger partial charge in [-0.3, -0.25) is 0 Å². The first kappa shape index (κ1) is 12.8. The lowest BCUT2D eigenvalue weighted by Crippen LogP contribution is -2.40. The van der Waals surface area contributed by atoms with Gasteiger partial charge in [0.2, 0.25) is 10.0 Å². The third-order valence-corrected chi connectivity index (χ3v) is 5.02. The van der Waals surface area contributed by atoms with E-state index in [2.05, 4.69) is 0 Å². The number of aliphatic hydroxyl groups is 1. The largest absolute Gasteiger partial charge is 0.387 e. The summed E-state index contributed by atoms with van der Waals surface area (Å²) in [7, 11) is -3.47. The second-order valence-corrected chi connectivity index (χ2v) is 6.24. The Morgan fingerprint density at radius 2 is 2.12 bits per heavy atom. The predicted octanol–water partition coefficient (Wildman–Crippen LogP) is 1.35. The fourth-order valence-electron chi connectivity index (χ4n) is 1.97. The Bertz CT molecular complexity index is 503. The standard InChI is InChI=1S/C11H14ClNO3S/c12-6-3-7-13-8-10(14)9-4-1-2-5-11(9)17(13,15)16/h1-2,4-5,10,14H,3,6-8H2.